The van der Waals surface area contributed by atoms with Gasteiger partial charge in [-0.1, -0.05) is 17.7 Å². The van der Waals surface area contributed by atoms with Crippen molar-refractivity contribution >= 4 is 22.6 Å². The lowest BCUT2D eigenvalue weighted by Crippen LogP contribution is -1.99. The van der Waals surface area contributed by atoms with Gasteiger partial charge in [-0.3, -0.25) is 0 Å². The third kappa shape index (κ3) is 2.60. The molecule has 0 spiro atoms. The van der Waals surface area contributed by atoms with Gasteiger partial charge in [0.05, 0.1) is 7.11 Å². The summed E-state index contributed by atoms with van der Waals surface area (Å²) in [5.41, 5.74) is 1.00. The van der Waals surface area contributed by atoms with Gasteiger partial charge in [0, 0.05) is 10.4 Å². The average Bonchev–Trinajstić information content (AvgIpc) is 2.89. The summed E-state index contributed by atoms with van der Waals surface area (Å²) in [7, 11) is 1.39. The summed E-state index contributed by atoms with van der Waals surface area (Å²) in [6, 6.07) is 11.1. The molecule has 0 amide bonds. The monoisotopic (exact) mass is 306 g/mol. The van der Waals surface area contributed by atoms with Crippen LogP contribution in [-0.2, 0) is 0 Å². The van der Waals surface area contributed by atoms with Crippen molar-refractivity contribution in [2.24, 2.45) is 0 Å². The Bertz CT molecular complexity index is 797. The summed E-state index contributed by atoms with van der Waals surface area (Å²) in [4.78, 5) is 0. The minimum atomic E-state index is -1.06. The fourth-order valence-corrected chi connectivity index (χ4v) is 2.37. The summed E-state index contributed by atoms with van der Waals surface area (Å²) in [6.45, 7) is 0. The van der Waals surface area contributed by atoms with E-state index in [1.807, 2.05) is 0 Å². The van der Waals surface area contributed by atoms with Crippen LogP contribution in [0.15, 0.2) is 46.9 Å². The molecule has 3 nitrogen and oxygen atoms in total. The fraction of sp³-hybridized carbons (Fsp3) is 0.125. The number of furan rings is 1. The Morgan fingerprint density at radius 2 is 2.00 bits per heavy atom. The first kappa shape index (κ1) is 13.9. The zero-order valence-electron chi connectivity index (χ0n) is 11.1. The molecule has 1 heterocycles. The summed E-state index contributed by atoms with van der Waals surface area (Å²) in [5.74, 6) is -0.0765. The number of aliphatic hydroxyl groups excluding tert-OH is 1. The van der Waals surface area contributed by atoms with Gasteiger partial charge in [-0.25, -0.2) is 4.39 Å². The van der Waals surface area contributed by atoms with E-state index in [1.165, 1.54) is 19.2 Å². The van der Waals surface area contributed by atoms with Gasteiger partial charge in [-0.2, -0.15) is 0 Å². The second kappa shape index (κ2) is 5.39. The average molecular weight is 307 g/mol. The molecule has 1 unspecified atom stereocenters. The zero-order chi connectivity index (χ0) is 15.0. The molecule has 0 aliphatic heterocycles. The van der Waals surface area contributed by atoms with Gasteiger partial charge in [0.15, 0.2) is 11.6 Å². The number of benzene rings is 2. The molecule has 2 aromatic carbocycles. The Morgan fingerprint density at radius 1 is 1.19 bits per heavy atom. The molecule has 0 radical (unpaired) electrons. The number of aliphatic hydroxyl groups is 1. The van der Waals surface area contributed by atoms with E-state index in [0.717, 1.165) is 5.39 Å². The van der Waals surface area contributed by atoms with Crippen LogP contribution >= 0.6 is 11.6 Å². The zero-order valence-corrected chi connectivity index (χ0v) is 11.9. The predicted octanol–water partition coefficient (Wildman–Crippen LogP) is 4.32. The van der Waals surface area contributed by atoms with Crippen molar-refractivity contribution in [3.63, 3.8) is 0 Å². The number of ether oxygens (including phenoxy) is 1. The van der Waals surface area contributed by atoms with Crippen LogP contribution in [0, 0.1) is 5.82 Å². The molecule has 0 saturated heterocycles. The molecule has 5 heteroatoms. The summed E-state index contributed by atoms with van der Waals surface area (Å²) in [5, 5.41) is 11.7. The second-order valence-corrected chi connectivity index (χ2v) is 5.06. The van der Waals surface area contributed by atoms with Crippen molar-refractivity contribution in [1.29, 1.82) is 0 Å². The largest absolute Gasteiger partial charge is 0.494 e. The molecule has 0 fully saturated rings. The number of hydrogen-bond acceptors (Lipinski definition) is 3. The second-order valence-electron chi connectivity index (χ2n) is 4.63. The van der Waals surface area contributed by atoms with Crippen molar-refractivity contribution in [2.75, 3.05) is 7.11 Å². The highest BCUT2D eigenvalue weighted by Crippen LogP contribution is 2.31. The first-order chi connectivity index (χ1) is 10.1. The van der Waals surface area contributed by atoms with E-state index < -0.39 is 11.9 Å². The molecule has 1 aromatic heterocycles. The number of methoxy groups -OCH3 is 1. The first-order valence-corrected chi connectivity index (χ1v) is 6.67. The lowest BCUT2D eigenvalue weighted by Gasteiger charge is -2.09. The maximum atomic E-state index is 13.7. The highest BCUT2D eigenvalue weighted by Gasteiger charge is 2.17. The first-order valence-electron chi connectivity index (χ1n) is 6.29. The van der Waals surface area contributed by atoms with E-state index in [4.69, 9.17) is 20.8 Å². The summed E-state index contributed by atoms with van der Waals surface area (Å²) < 4.78 is 24.1. The Balaban J connectivity index is 1.99. The smallest absolute Gasteiger partial charge is 0.165 e. The van der Waals surface area contributed by atoms with Crippen molar-refractivity contribution in [3.05, 3.63) is 64.6 Å². The van der Waals surface area contributed by atoms with Crippen molar-refractivity contribution in [2.45, 2.75) is 6.10 Å². The normalized spacial score (nSPS) is 12.6. The Hall–Kier alpha value is -2.04. The number of halogens is 2. The van der Waals surface area contributed by atoms with Gasteiger partial charge in [-0.15, -0.1) is 0 Å². The van der Waals surface area contributed by atoms with Crippen LogP contribution in [0.2, 0.25) is 5.02 Å². The van der Waals surface area contributed by atoms with Crippen molar-refractivity contribution in [3.8, 4) is 5.75 Å². The minimum absolute atomic E-state index is 0.127. The van der Waals surface area contributed by atoms with Crippen molar-refractivity contribution in [1.82, 2.24) is 0 Å². The molecular weight excluding hydrogens is 295 g/mol. The Labute approximate surface area is 125 Å². The van der Waals surface area contributed by atoms with E-state index in [9.17, 15) is 9.50 Å². The van der Waals surface area contributed by atoms with Crippen LogP contribution in [-0.4, -0.2) is 12.2 Å². The van der Waals surface area contributed by atoms with Crippen LogP contribution in [0.25, 0.3) is 11.0 Å². The van der Waals surface area contributed by atoms with Crippen LogP contribution in [0.5, 0.6) is 5.75 Å². The summed E-state index contributed by atoms with van der Waals surface area (Å²) >= 11 is 5.91. The van der Waals surface area contributed by atoms with E-state index >= 15 is 0 Å². The number of rotatable bonds is 3. The summed E-state index contributed by atoms with van der Waals surface area (Å²) in [6.07, 6.45) is -1.06. The molecule has 3 rings (SSSR count). The number of hydrogen-bond donors (Lipinski definition) is 1. The molecule has 0 aliphatic carbocycles. The van der Waals surface area contributed by atoms with Crippen molar-refractivity contribution < 1.29 is 18.7 Å². The maximum Gasteiger partial charge on any atom is 0.165 e. The molecule has 0 bridgehead atoms. The highest BCUT2D eigenvalue weighted by atomic mass is 35.5. The quantitative estimate of drug-likeness (QED) is 0.784. The van der Waals surface area contributed by atoms with Crippen LogP contribution in [0.3, 0.4) is 0 Å². The Kier molecular flexibility index (Phi) is 3.57. The molecular formula is C16H12ClFO3. The molecule has 3 aromatic rings. The van der Waals surface area contributed by atoms with Crippen LogP contribution in [0.1, 0.15) is 17.4 Å². The third-order valence-corrected chi connectivity index (χ3v) is 3.49. The third-order valence-electron chi connectivity index (χ3n) is 3.26. The predicted molar refractivity (Wildman–Crippen MR) is 78.2 cm³/mol. The van der Waals surface area contributed by atoms with E-state index in [2.05, 4.69) is 0 Å². The van der Waals surface area contributed by atoms with Gasteiger partial charge in [0.2, 0.25) is 0 Å². The lowest BCUT2D eigenvalue weighted by molar-refractivity contribution is 0.191. The van der Waals surface area contributed by atoms with Crippen LogP contribution in [0.4, 0.5) is 4.39 Å². The topological polar surface area (TPSA) is 42.6 Å². The van der Waals surface area contributed by atoms with E-state index in [0.29, 0.717) is 21.9 Å². The van der Waals surface area contributed by atoms with Gasteiger partial charge >= 0.3 is 0 Å². The molecule has 0 aliphatic rings. The van der Waals surface area contributed by atoms with E-state index in [1.54, 1.807) is 30.3 Å². The molecule has 1 N–H and O–H groups in total. The van der Waals surface area contributed by atoms with Gasteiger partial charge < -0.3 is 14.3 Å². The maximum absolute atomic E-state index is 13.7. The minimum Gasteiger partial charge on any atom is -0.494 e. The standard InChI is InChI=1S/C16H12ClFO3/c1-20-14-4-2-9(7-12(14)18)16(19)15-8-10-6-11(17)3-5-13(10)21-15/h2-8,16,19H,1H3. The Morgan fingerprint density at radius 3 is 2.71 bits per heavy atom. The van der Waals surface area contributed by atoms with Gasteiger partial charge in [0.25, 0.3) is 0 Å². The molecule has 0 saturated carbocycles. The molecule has 1 atom stereocenters. The molecule has 21 heavy (non-hydrogen) atoms. The van der Waals surface area contributed by atoms with Crippen LogP contribution < -0.4 is 4.74 Å². The van der Waals surface area contributed by atoms with Gasteiger partial charge in [-0.05, 0) is 42.0 Å². The van der Waals surface area contributed by atoms with Gasteiger partial charge in [0.1, 0.15) is 17.4 Å². The number of fused-ring (bicyclic) bond motifs is 1. The highest BCUT2D eigenvalue weighted by molar-refractivity contribution is 6.31. The van der Waals surface area contributed by atoms with E-state index in [-0.39, 0.29) is 5.75 Å². The lowest BCUT2D eigenvalue weighted by atomic mass is 10.1. The SMILES string of the molecule is COc1ccc(C(O)c2cc3cc(Cl)ccc3o2)cc1F. The fourth-order valence-electron chi connectivity index (χ4n) is 2.19. The molecule has 108 valence electrons.